The van der Waals surface area contributed by atoms with Crippen molar-refractivity contribution in [1.82, 2.24) is 10.4 Å². The van der Waals surface area contributed by atoms with E-state index >= 15 is 0 Å². The number of halogens is 3. The zero-order chi connectivity index (χ0) is 17.7. The fourth-order valence-corrected chi connectivity index (χ4v) is 1.99. The molecule has 9 heteroatoms. The van der Waals surface area contributed by atoms with Crippen molar-refractivity contribution in [1.29, 1.82) is 0 Å². The molecule has 6 nitrogen and oxygen atoms in total. The number of anilines is 1. The molecule has 0 fully saturated rings. The molecule has 0 saturated carbocycles. The highest BCUT2D eigenvalue weighted by Crippen LogP contribution is 2.33. The van der Waals surface area contributed by atoms with E-state index in [9.17, 15) is 18.0 Å². The molecule has 0 aliphatic carbocycles. The van der Waals surface area contributed by atoms with Gasteiger partial charge in [-0.1, -0.05) is 6.07 Å². The number of nitrogens with one attached hydrogen (secondary N) is 2. The molecule has 2 N–H and O–H groups in total. The van der Waals surface area contributed by atoms with E-state index in [-0.39, 0.29) is 17.1 Å². The fourth-order valence-electron chi connectivity index (χ4n) is 1.99. The minimum atomic E-state index is -4.61. The van der Waals surface area contributed by atoms with Crippen LogP contribution in [0, 0.1) is 0 Å². The third-order valence-corrected chi connectivity index (χ3v) is 3.06. The van der Waals surface area contributed by atoms with Crippen LogP contribution in [0.1, 0.15) is 15.9 Å². The van der Waals surface area contributed by atoms with E-state index in [2.05, 4.69) is 15.8 Å². The Labute approximate surface area is 135 Å². The van der Waals surface area contributed by atoms with Gasteiger partial charge in [0.15, 0.2) is 5.82 Å². The fraction of sp³-hybridized carbons (Fsp3) is 0.200. The third-order valence-electron chi connectivity index (χ3n) is 3.06. The van der Waals surface area contributed by atoms with Gasteiger partial charge in [0.1, 0.15) is 17.1 Å². The van der Waals surface area contributed by atoms with Gasteiger partial charge in [-0.3, -0.25) is 15.6 Å². The number of carbonyl (C=O) groups is 1. The van der Waals surface area contributed by atoms with Crippen molar-refractivity contribution in [2.75, 3.05) is 19.6 Å². The number of methoxy groups -OCH3 is 2. The number of hydrogen-bond acceptors (Lipinski definition) is 5. The Bertz CT molecular complexity index is 713. The van der Waals surface area contributed by atoms with Gasteiger partial charge >= 0.3 is 6.18 Å². The van der Waals surface area contributed by atoms with Crippen molar-refractivity contribution in [3.05, 3.63) is 47.7 Å². The minimum Gasteiger partial charge on any atom is -0.496 e. The van der Waals surface area contributed by atoms with E-state index in [0.29, 0.717) is 0 Å². The van der Waals surface area contributed by atoms with Crippen molar-refractivity contribution < 1.29 is 27.4 Å². The quantitative estimate of drug-likeness (QED) is 0.818. The molecule has 0 radical (unpaired) electrons. The summed E-state index contributed by atoms with van der Waals surface area (Å²) in [6, 6.07) is 6.67. The lowest BCUT2D eigenvalue weighted by Gasteiger charge is -2.16. The molecule has 0 spiro atoms. The number of hydrogen-bond donors (Lipinski definition) is 2. The SMILES string of the molecule is COc1cccc(OC)c1C(=O)NNc1ncccc1C(F)(F)F. The summed E-state index contributed by atoms with van der Waals surface area (Å²) in [5.41, 5.74) is 3.38. The maximum absolute atomic E-state index is 12.9. The Kier molecular flexibility index (Phi) is 5.12. The predicted octanol–water partition coefficient (Wildman–Crippen LogP) is 2.87. The van der Waals surface area contributed by atoms with Gasteiger partial charge in [0.2, 0.25) is 0 Å². The summed E-state index contributed by atoms with van der Waals surface area (Å²) in [7, 11) is 2.72. The van der Waals surface area contributed by atoms with Crippen molar-refractivity contribution in [2.24, 2.45) is 0 Å². The average molecular weight is 341 g/mol. The second-order valence-electron chi connectivity index (χ2n) is 4.51. The molecular formula is C15H14F3N3O3. The molecule has 2 rings (SSSR count). The Morgan fingerprint density at radius 2 is 1.71 bits per heavy atom. The van der Waals surface area contributed by atoms with Gasteiger partial charge in [-0.2, -0.15) is 13.2 Å². The molecule has 0 aliphatic rings. The Balaban J connectivity index is 2.24. The standard InChI is InChI=1S/C15H14F3N3O3/c1-23-10-6-3-7-11(24-2)12(10)14(22)21-20-13-9(15(16,17)18)5-4-8-19-13/h3-8H,1-2H3,(H,19,20)(H,21,22). The molecule has 0 unspecified atom stereocenters. The number of amides is 1. The van der Waals surface area contributed by atoms with E-state index in [1.807, 2.05) is 0 Å². The maximum atomic E-state index is 12.9. The monoisotopic (exact) mass is 341 g/mol. The first-order chi connectivity index (χ1) is 11.4. The Hall–Kier alpha value is -2.97. The molecule has 0 atom stereocenters. The summed E-state index contributed by atoms with van der Waals surface area (Å²) in [6.45, 7) is 0. The smallest absolute Gasteiger partial charge is 0.420 e. The van der Waals surface area contributed by atoms with E-state index in [0.717, 1.165) is 12.1 Å². The molecular weight excluding hydrogens is 327 g/mol. The Morgan fingerprint density at radius 1 is 1.08 bits per heavy atom. The maximum Gasteiger partial charge on any atom is 0.420 e. The topological polar surface area (TPSA) is 72.5 Å². The molecule has 128 valence electrons. The van der Waals surface area contributed by atoms with Crippen LogP contribution in [0.2, 0.25) is 0 Å². The first kappa shape index (κ1) is 17.4. The normalized spacial score (nSPS) is 10.9. The van der Waals surface area contributed by atoms with Crippen LogP contribution in [0.15, 0.2) is 36.5 Å². The Morgan fingerprint density at radius 3 is 2.25 bits per heavy atom. The molecule has 0 aliphatic heterocycles. The highest BCUT2D eigenvalue weighted by atomic mass is 19.4. The number of rotatable bonds is 5. The predicted molar refractivity (Wildman–Crippen MR) is 79.9 cm³/mol. The number of hydrazine groups is 1. The molecule has 0 saturated heterocycles. The first-order valence-corrected chi connectivity index (χ1v) is 6.68. The zero-order valence-corrected chi connectivity index (χ0v) is 12.8. The lowest BCUT2D eigenvalue weighted by Crippen LogP contribution is -2.31. The summed E-state index contributed by atoms with van der Waals surface area (Å²) in [6.07, 6.45) is -3.43. The second kappa shape index (κ2) is 7.07. The van der Waals surface area contributed by atoms with E-state index in [1.165, 1.54) is 32.5 Å². The van der Waals surface area contributed by atoms with Crippen molar-refractivity contribution in [3.63, 3.8) is 0 Å². The first-order valence-electron chi connectivity index (χ1n) is 6.68. The van der Waals surface area contributed by atoms with E-state index in [1.54, 1.807) is 6.07 Å². The number of aromatic nitrogens is 1. The van der Waals surface area contributed by atoms with E-state index < -0.39 is 23.5 Å². The number of carbonyl (C=O) groups excluding carboxylic acids is 1. The van der Waals surface area contributed by atoms with Crippen LogP contribution in [0.4, 0.5) is 19.0 Å². The van der Waals surface area contributed by atoms with Gasteiger partial charge in [0.05, 0.1) is 19.8 Å². The van der Waals surface area contributed by atoms with Crippen LogP contribution >= 0.6 is 0 Å². The van der Waals surface area contributed by atoms with Crippen LogP contribution < -0.4 is 20.3 Å². The molecule has 2 aromatic rings. The number of ether oxygens (including phenoxy) is 2. The highest BCUT2D eigenvalue weighted by Gasteiger charge is 2.34. The van der Waals surface area contributed by atoms with Crippen LogP contribution in [-0.4, -0.2) is 25.1 Å². The molecule has 1 amide bonds. The summed E-state index contributed by atoms with van der Waals surface area (Å²) in [5, 5.41) is 0. The number of pyridine rings is 1. The van der Waals surface area contributed by atoms with Crippen molar-refractivity contribution in [2.45, 2.75) is 6.18 Å². The van der Waals surface area contributed by atoms with Crippen molar-refractivity contribution >= 4 is 11.7 Å². The molecule has 1 aromatic carbocycles. The van der Waals surface area contributed by atoms with E-state index in [4.69, 9.17) is 9.47 Å². The van der Waals surface area contributed by atoms with Gasteiger partial charge in [-0.05, 0) is 24.3 Å². The number of nitrogens with zero attached hydrogens (tertiary/aromatic N) is 1. The number of benzene rings is 1. The summed E-state index contributed by atoms with van der Waals surface area (Å²) in [5.74, 6) is -0.827. The average Bonchev–Trinajstić information content (AvgIpc) is 2.58. The summed E-state index contributed by atoms with van der Waals surface area (Å²) >= 11 is 0. The second-order valence-corrected chi connectivity index (χ2v) is 4.51. The summed E-state index contributed by atoms with van der Waals surface area (Å²) < 4.78 is 48.9. The van der Waals surface area contributed by atoms with Crippen LogP contribution in [0.25, 0.3) is 0 Å². The lowest BCUT2D eigenvalue weighted by atomic mass is 10.1. The zero-order valence-electron chi connectivity index (χ0n) is 12.8. The molecule has 24 heavy (non-hydrogen) atoms. The van der Waals surface area contributed by atoms with Gasteiger partial charge in [0.25, 0.3) is 5.91 Å². The van der Waals surface area contributed by atoms with Gasteiger partial charge in [-0.15, -0.1) is 0 Å². The molecule has 1 aromatic heterocycles. The van der Waals surface area contributed by atoms with Gasteiger partial charge in [-0.25, -0.2) is 4.98 Å². The highest BCUT2D eigenvalue weighted by molar-refractivity contribution is 6.00. The van der Waals surface area contributed by atoms with Crippen LogP contribution in [0.5, 0.6) is 11.5 Å². The molecule has 1 heterocycles. The third kappa shape index (κ3) is 3.67. The van der Waals surface area contributed by atoms with Crippen LogP contribution in [-0.2, 0) is 6.18 Å². The van der Waals surface area contributed by atoms with Crippen LogP contribution in [0.3, 0.4) is 0 Å². The molecule has 0 bridgehead atoms. The minimum absolute atomic E-state index is 0.0412. The van der Waals surface area contributed by atoms with Gasteiger partial charge in [0, 0.05) is 6.20 Å². The van der Waals surface area contributed by atoms with Crippen molar-refractivity contribution in [3.8, 4) is 11.5 Å². The largest absolute Gasteiger partial charge is 0.496 e. The summed E-state index contributed by atoms with van der Waals surface area (Å²) in [4.78, 5) is 15.9. The lowest BCUT2D eigenvalue weighted by molar-refractivity contribution is -0.137. The number of alkyl halides is 3. The van der Waals surface area contributed by atoms with Gasteiger partial charge < -0.3 is 9.47 Å².